The van der Waals surface area contributed by atoms with Crippen LogP contribution in [0.2, 0.25) is 0 Å². The summed E-state index contributed by atoms with van der Waals surface area (Å²) in [6, 6.07) is 18.4. The highest BCUT2D eigenvalue weighted by molar-refractivity contribution is 5.42. The average molecular weight is 213 g/mol. The molecule has 0 saturated carbocycles. The summed E-state index contributed by atoms with van der Waals surface area (Å²) in [7, 11) is 0. The van der Waals surface area contributed by atoms with Gasteiger partial charge in [-0.1, -0.05) is 56.3 Å². The van der Waals surface area contributed by atoms with Crippen molar-refractivity contribution in [1.29, 1.82) is 0 Å². The van der Waals surface area contributed by atoms with Crippen molar-refractivity contribution in [2.24, 2.45) is 0 Å². The Bertz CT molecular complexity index is 407. The van der Waals surface area contributed by atoms with Gasteiger partial charge in [0, 0.05) is 5.69 Å². The van der Waals surface area contributed by atoms with E-state index in [-0.39, 0.29) is 0 Å². The number of nitrogens with two attached hydrogens (primary N) is 1. The van der Waals surface area contributed by atoms with E-state index in [0.717, 1.165) is 12.1 Å². The number of hydrogen-bond donors (Lipinski definition) is 1. The molecule has 0 bridgehead atoms. The summed E-state index contributed by atoms with van der Waals surface area (Å²) in [5, 5.41) is 0. The van der Waals surface area contributed by atoms with Crippen LogP contribution >= 0.6 is 0 Å². The van der Waals surface area contributed by atoms with Gasteiger partial charge in [0.15, 0.2) is 0 Å². The SMILES string of the molecule is CC.Nc1cccc(Cc2ccccc2)c1. The third-order valence-electron chi connectivity index (χ3n) is 2.20. The van der Waals surface area contributed by atoms with E-state index in [1.807, 2.05) is 38.1 Å². The molecule has 84 valence electrons. The first kappa shape index (κ1) is 12.3. The van der Waals surface area contributed by atoms with E-state index in [2.05, 4.69) is 30.3 Å². The van der Waals surface area contributed by atoms with Gasteiger partial charge in [0.2, 0.25) is 0 Å². The van der Waals surface area contributed by atoms with Crippen molar-refractivity contribution in [3.63, 3.8) is 0 Å². The molecule has 1 heteroatoms. The van der Waals surface area contributed by atoms with Crippen LogP contribution in [0.1, 0.15) is 25.0 Å². The van der Waals surface area contributed by atoms with Crippen molar-refractivity contribution in [3.8, 4) is 0 Å². The van der Waals surface area contributed by atoms with Gasteiger partial charge in [-0.15, -0.1) is 0 Å². The Labute approximate surface area is 97.9 Å². The molecule has 2 N–H and O–H groups in total. The zero-order valence-electron chi connectivity index (χ0n) is 9.98. The fraction of sp³-hybridized carbons (Fsp3) is 0.200. The van der Waals surface area contributed by atoms with E-state index in [9.17, 15) is 0 Å². The van der Waals surface area contributed by atoms with Gasteiger partial charge in [-0.2, -0.15) is 0 Å². The summed E-state index contributed by atoms with van der Waals surface area (Å²) in [4.78, 5) is 0. The number of rotatable bonds is 2. The van der Waals surface area contributed by atoms with Gasteiger partial charge in [0.1, 0.15) is 0 Å². The van der Waals surface area contributed by atoms with Crippen molar-refractivity contribution in [3.05, 3.63) is 65.7 Å². The quantitative estimate of drug-likeness (QED) is 0.753. The third kappa shape index (κ3) is 3.77. The minimum atomic E-state index is 0.832. The Kier molecular flexibility index (Phi) is 5.13. The molecule has 16 heavy (non-hydrogen) atoms. The maximum Gasteiger partial charge on any atom is 0.0316 e. The van der Waals surface area contributed by atoms with Gasteiger partial charge in [-0.25, -0.2) is 0 Å². The van der Waals surface area contributed by atoms with Gasteiger partial charge >= 0.3 is 0 Å². The second-order valence-electron chi connectivity index (χ2n) is 3.41. The van der Waals surface area contributed by atoms with Crippen molar-refractivity contribution in [1.82, 2.24) is 0 Å². The molecule has 0 heterocycles. The number of anilines is 1. The van der Waals surface area contributed by atoms with Crippen LogP contribution in [0.4, 0.5) is 5.69 Å². The van der Waals surface area contributed by atoms with Crippen LogP contribution in [0.3, 0.4) is 0 Å². The maximum atomic E-state index is 5.71. The Morgan fingerprint density at radius 1 is 0.812 bits per heavy atom. The summed E-state index contributed by atoms with van der Waals surface area (Å²) < 4.78 is 0. The van der Waals surface area contributed by atoms with Gasteiger partial charge in [-0.3, -0.25) is 0 Å². The summed E-state index contributed by atoms with van der Waals surface area (Å²) >= 11 is 0. The molecule has 0 unspecified atom stereocenters. The molecular weight excluding hydrogens is 194 g/mol. The highest BCUT2D eigenvalue weighted by Crippen LogP contribution is 2.11. The zero-order valence-corrected chi connectivity index (χ0v) is 9.98. The van der Waals surface area contributed by atoms with E-state index >= 15 is 0 Å². The van der Waals surface area contributed by atoms with E-state index in [0.29, 0.717) is 0 Å². The fourth-order valence-electron chi connectivity index (χ4n) is 1.53. The molecule has 0 spiro atoms. The number of hydrogen-bond acceptors (Lipinski definition) is 1. The molecule has 2 rings (SSSR count). The molecule has 0 radical (unpaired) electrons. The molecule has 2 aromatic rings. The maximum absolute atomic E-state index is 5.71. The first-order chi connectivity index (χ1) is 7.84. The summed E-state index contributed by atoms with van der Waals surface area (Å²) in [5.41, 5.74) is 9.12. The Morgan fingerprint density at radius 3 is 2.06 bits per heavy atom. The second-order valence-corrected chi connectivity index (χ2v) is 3.41. The topological polar surface area (TPSA) is 26.0 Å². The lowest BCUT2D eigenvalue weighted by molar-refractivity contribution is 1.19. The Hall–Kier alpha value is -1.76. The van der Waals surface area contributed by atoms with E-state index in [4.69, 9.17) is 5.73 Å². The zero-order chi connectivity index (χ0) is 11.8. The molecular formula is C15H19N. The average Bonchev–Trinajstić information content (AvgIpc) is 2.33. The highest BCUT2D eigenvalue weighted by Gasteiger charge is 1.95. The Balaban J connectivity index is 0.000000606. The Morgan fingerprint density at radius 2 is 1.44 bits per heavy atom. The molecule has 0 aromatic heterocycles. The predicted octanol–water partition coefficient (Wildman–Crippen LogP) is 3.89. The third-order valence-corrected chi connectivity index (χ3v) is 2.20. The van der Waals surface area contributed by atoms with Gasteiger partial charge < -0.3 is 5.73 Å². The van der Waals surface area contributed by atoms with Gasteiger partial charge in [0.25, 0.3) is 0 Å². The number of nitrogen functional groups attached to an aromatic ring is 1. The lowest BCUT2D eigenvalue weighted by Gasteiger charge is -2.02. The molecule has 2 aromatic carbocycles. The largest absolute Gasteiger partial charge is 0.399 e. The molecule has 0 aliphatic carbocycles. The molecule has 0 saturated heterocycles. The molecule has 0 atom stereocenters. The van der Waals surface area contributed by atoms with Crippen LogP contribution in [0.25, 0.3) is 0 Å². The van der Waals surface area contributed by atoms with Crippen LogP contribution < -0.4 is 5.73 Å². The van der Waals surface area contributed by atoms with Crippen LogP contribution in [-0.4, -0.2) is 0 Å². The lowest BCUT2D eigenvalue weighted by atomic mass is 10.0. The van der Waals surface area contributed by atoms with Crippen molar-refractivity contribution < 1.29 is 0 Å². The highest BCUT2D eigenvalue weighted by atomic mass is 14.5. The standard InChI is InChI=1S/C13H13N.C2H6/c14-13-8-4-7-12(10-13)9-11-5-2-1-3-6-11;1-2/h1-8,10H,9,14H2;1-2H3. The molecule has 0 aliphatic rings. The van der Waals surface area contributed by atoms with Crippen LogP contribution in [-0.2, 0) is 6.42 Å². The van der Waals surface area contributed by atoms with Gasteiger partial charge in [0.05, 0.1) is 0 Å². The van der Waals surface area contributed by atoms with Crippen molar-refractivity contribution in [2.45, 2.75) is 20.3 Å². The minimum absolute atomic E-state index is 0.832. The van der Waals surface area contributed by atoms with E-state index in [1.165, 1.54) is 11.1 Å². The first-order valence-electron chi connectivity index (χ1n) is 5.73. The number of benzene rings is 2. The van der Waals surface area contributed by atoms with Crippen LogP contribution in [0.15, 0.2) is 54.6 Å². The van der Waals surface area contributed by atoms with Crippen molar-refractivity contribution >= 4 is 5.69 Å². The smallest absolute Gasteiger partial charge is 0.0316 e. The van der Waals surface area contributed by atoms with Crippen LogP contribution in [0, 0.1) is 0 Å². The van der Waals surface area contributed by atoms with Crippen molar-refractivity contribution in [2.75, 3.05) is 5.73 Å². The molecule has 0 aliphatic heterocycles. The summed E-state index contributed by atoms with van der Waals surface area (Å²) in [6.45, 7) is 4.00. The second kappa shape index (κ2) is 6.67. The molecule has 0 amide bonds. The van der Waals surface area contributed by atoms with E-state index in [1.54, 1.807) is 0 Å². The lowest BCUT2D eigenvalue weighted by Crippen LogP contribution is -1.90. The van der Waals surface area contributed by atoms with Gasteiger partial charge in [-0.05, 0) is 29.7 Å². The first-order valence-corrected chi connectivity index (χ1v) is 5.73. The normalized spacial score (nSPS) is 9.12. The fourth-order valence-corrected chi connectivity index (χ4v) is 1.53. The summed E-state index contributed by atoms with van der Waals surface area (Å²) in [6.07, 6.45) is 0.950. The van der Waals surface area contributed by atoms with Crippen LogP contribution in [0.5, 0.6) is 0 Å². The minimum Gasteiger partial charge on any atom is -0.399 e. The van der Waals surface area contributed by atoms with E-state index < -0.39 is 0 Å². The molecule has 0 fully saturated rings. The predicted molar refractivity (Wildman–Crippen MR) is 71.5 cm³/mol. The molecule has 1 nitrogen and oxygen atoms in total. The summed E-state index contributed by atoms with van der Waals surface area (Å²) in [5.74, 6) is 0. The monoisotopic (exact) mass is 213 g/mol.